The summed E-state index contributed by atoms with van der Waals surface area (Å²) in [6.07, 6.45) is 2.21. The molecule has 2 atom stereocenters. The Kier molecular flexibility index (Phi) is 4.79. The Hall–Kier alpha value is -2.53. The third-order valence-corrected chi connectivity index (χ3v) is 5.59. The zero-order valence-electron chi connectivity index (χ0n) is 15.1. The van der Waals surface area contributed by atoms with Crippen LogP contribution in [0.5, 0.6) is 5.75 Å². The van der Waals surface area contributed by atoms with Crippen LogP contribution in [0.25, 0.3) is 0 Å². The minimum Gasteiger partial charge on any atom is -0.494 e. The molecule has 2 aromatic carbocycles. The van der Waals surface area contributed by atoms with E-state index in [0.717, 1.165) is 24.1 Å². The van der Waals surface area contributed by atoms with E-state index in [1.165, 1.54) is 0 Å². The van der Waals surface area contributed by atoms with Crippen molar-refractivity contribution in [3.8, 4) is 5.75 Å². The molecule has 2 fully saturated rings. The maximum absolute atomic E-state index is 12.6. The zero-order valence-corrected chi connectivity index (χ0v) is 15.8. The fraction of sp³-hybridized carbons (Fsp3) is 0.333. The van der Waals surface area contributed by atoms with Gasteiger partial charge in [0.2, 0.25) is 11.8 Å². The molecule has 1 aliphatic heterocycles. The molecule has 2 amide bonds. The maximum Gasteiger partial charge on any atom is 0.228 e. The van der Waals surface area contributed by atoms with Crippen molar-refractivity contribution in [2.24, 2.45) is 5.92 Å². The van der Waals surface area contributed by atoms with Gasteiger partial charge in [0.25, 0.3) is 0 Å². The second-order valence-corrected chi connectivity index (χ2v) is 7.40. The van der Waals surface area contributed by atoms with Crippen molar-refractivity contribution in [2.75, 3.05) is 23.9 Å². The second kappa shape index (κ2) is 7.24. The van der Waals surface area contributed by atoms with Crippen molar-refractivity contribution in [2.45, 2.75) is 25.2 Å². The molecule has 2 aromatic rings. The Bertz CT molecular complexity index is 899. The highest BCUT2D eigenvalue weighted by Gasteiger charge is 2.44. The number of hydrogen-bond donors (Lipinski definition) is 1. The molecule has 1 saturated heterocycles. The summed E-state index contributed by atoms with van der Waals surface area (Å²) in [6, 6.07) is 13.1. The number of nitrogens with zero attached hydrogens (tertiary/aromatic N) is 1. The number of methoxy groups -OCH3 is 1. The molecular formula is C21H21ClN2O3. The maximum atomic E-state index is 12.6. The average Bonchev–Trinajstić information content (AvgIpc) is 3.36. The van der Waals surface area contributed by atoms with Crippen molar-refractivity contribution in [1.82, 2.24) is 0 Å². The first kappa shape index (κ1) is 17.9. The molecular weight excluding hydrogens is 364 g/mol. The third kappa shape index (κ3) is 3.52. The lowest BCUT2D eigenvalue weighted by Crippen LogP contribution is -2.24. The van der Waals surface area contributed by atoms with Gasteiger partial charge in [0, 0.05) is 35.7 Å². The standard InChI is InChI=1S/C21H21ClN2O3/c1-27-19-11-13(8-9-18(19)24-10-4-7-20(24)25)23-21(26)16-12-15(16)14-5-2-3-6-17(14)22/h2-3,5-6,8-9,11,15-16H,4,7,10,12H2,1H3,(H,23,26)/t15-,16+/m0/s1. The molecule has 1 heterocycles. The number of rotatable bonds is 5. The lowest BCUT2D eigenvalue weighted by atomic mass is 10.1. The Morgan fingerprint density at radius 2 is 2.07 bits per heavy atom. The van der Waals surface area contributed by atoms with E-state index in [1.54, 1.807) is 18.1 Å². The monoisotopic (exact) mass is 384 g/mol. The van der Waals surface area contributed by atoms with Crippen LogP contribution in [0.15, 0.2) is 42.5 Å². The summed E-state index contributed by atoms with van der Waals surface area (Å²) < 4.78 is 5.45. The van der Waals surface area contributed by atoms with Crippen molar-refractivity contribution in [3.63, 3.8) is 0 Å². The quantitative estimate of drug-likeness (QED) is 0.839. The Morgan fingerprint density at radius 3 is 2.78 bits per heavy atom. The molecule has 1 N–H and O–H groups in total. The number of carbonyl (C=O) groups excluding carboxylic acids is 2. The second-order valence-electron chi connectivity index (χ2n) is 7.00. The first-order valence-electron chi connectivity index (χ1n) is 9.12. The van der Waals surface area contributed by atoms with E-state index in [4.69, 9.17) is 16.3 Å². The van der Waals surface area contributed by atoms with Gasteiger partial charge < -0.3 is 15.0 Å². The van der Waals surface area contributed by atoms with Gasteiger partial charge >= 0.3 is 0 Å². The summed E-state index contributed by atoms with van der Waals surface area (Å²) in [6.45, 7) is 0.697. The molecule has 27 heavy (non-hydrogen) atoms. The highest BCUT2D eigenvalue weighted by atomic mass is 35.5. The highest BCUT2D eigenvalue weighted by molar-refractivity contribution is 6.31. The van der Waals surface area contributed by atoms with Crippen LogP contribution in [0.4, 0.5) is 11.4 Å². The van der Waals surface area contributed by atoms with Gasteiger partial charge in [0.15, 0.2) is 0 Å². The average molecular weight is 385 g/mol. The first-order valence-corrected chi connectivity index (χ1v) is 9.50. The van der Waals surface area contributed by atoms with Crippen molar-refractivity contribution in [1.29, 1.82) is 0 Å². The first-order chi connectivity index (χ1) is 13.1. The number of hydrogen-bond acceptors (Lipinski definition) is 3. The molecule has 1 saturated carbocycles. The number of benzene rings is 2. The van der Waals surface area contributed by atoms with Crippen molar-refractivity contribution >= 4 is 34.8 Å². The smallest absolute Gasteiger partial charge is 0.228 e. The number of carbonyl (C=O) groups is 2. The van der Waals surface area contributed by atoms with Crippen LogP contribution in [-0.4, -0.2) is 25.5 Å². The van der Waals surface area contributed by atoms with Gasteiger partial charge in [-0.3, -0.25) is 9.59 Å². The van der Waals surface area contributed by atoms with Crippen molar-refractivity contribution in [3.05, 3.63) is 53.1 Å². The molecule has 2 aliphatic rings. The predicted octanol–water partition coefficient (Wildman–Crippen LogP) is 4.22. The molecule has 0 unspecified atom stereocenters. The van der Waals surface area contributed by atoms with Gasteiger partial charge in [-0.2, -0.15) is 0 Å². The number of anilines is 2. The van der Waals surface area contributed by atoms with Gasteiger partial charge in [-0.25, -0.2) is 0 Å². The van der Waals surface area contributed by atoms with Gasteiger partial charge in [0.05, 0.1) is 12.8 Å². The van der Waals surface area contributed by atoms with Crippen LogP contribution in [0.1, 0.15) is 30.7 Å². The molecule has 6 heteroatoms. The molecule has 1 aliphatic carbocycles. The molecule has 140 valence electrons. The predicted molar refractivity (Wildman–Crippen MR) is 106 cm³/mol. The van der Waals surface area contributed by atoms with Crippen LogP contribution in [0.3, 0.4) is 0 Å². The SMILES string of the molecule is COc1cc(NC(=O)[C@@H]2C[C@H]2c2ccccc2Cl)ccc1N1CCCC1=O. The molecule has 4 rings (SSSR count). The Labute approximate surface area is 163 Å². The Balaban J connectivity index is 1.46. The summed E-state index contributed by atoms with van der Waals surface area (Å²) in [5, 5.41) is 3.67. The van der Waals surface area contributed by atoms with E-state index < -0.39 is 0 Å². The third-order valence-electron chi connectivity index (χ3n) is 5.24. The lowest BCUT2D eigenvalue weighted by Gasteiger charge is -2.19. The number of halogens is 1. The molecule has 0 radical (unpaired) electrons. The topological polar surface area (TPSA) is 58.6 Å². The van der Waals surface area contributed by atoms with E-state index in [9.17, 15) is 9.59 Å². The van der Waals surface area contributed by atoms with Crippen LogP contribution >= 0.6 is 11.6 Å². The highest BCUT2D eigenvalue weighted by Crippen LogP contribution is 2.50. The van der Waals surface area contributed by atoms with Gasteiger partial charge in [0.1, 0.15) is 5.75 Å². The van der Waals surface area contributed by atoms with Crippen LogP contribution in [0.2, 0.25) is 5.02 Å². The summed E-state index contributed by atoms with van der Waals surface area (Å²) in [5.41, 5.74) is 2.44. The normalized spacial score (nSPS) is 21.3. The van der Waals surface area contributed by atoms with E-state index in [-0.39, 0.29) is 23.7 Å². The largest absolute Gasteiger partial charge is 0.494 e. The van der Waals surface area contributed by atoms with E-state index in [0.29, 0.717) is 29.4 Å². The molecule has 0 bridgehead atoms. The number of amides is 2. The molecule has 5 nitrogen and oxygen atoms in total. The van der Waals surface area contributed by atoms with E-state index in [2.05, 4.69) is 5.32 Å². The minimum atomic E-state index is -0.0734. The van der Waals surface area contributed by atoms with Crippen molar-refractivity contribution < 1.29 is 14.3 Å². The zero-order chi connectivity index (χ0) is 19.0. The number of ether oxygens (including phenoxy) is 1. The van der Waals surface area contributed by atoms with E-state index >= 15 is 0 Å². The van der Waals surface area contributed by atoms with Crippen LogP contribution in [-0.2, 0) is 9.59 Å². The number of nitrogens with one attached hydrogen (secondary N) is 1. The van der Waals surface area contributed by atoms with E-state index in [1.807, 2.05) is 36.4 Å². The summed E-state index contributed by atoms with van der Waals surface area (Å²) in [7, 11) is 1.57. The summed E-state index contributed by atoms with van der Waals surface area (Å²) >= 11 is 6.24. The molecule has 0 aromatic heterocycles. The molecule has 0 spiro atoms. The van der Waals surface area contributed by atoms with Gasteiger partial charge in [-0.1, -0.05) is 29.8 Å². The minimum absolute atomic E-state index is 0.0213. The van der Waals surface area contributed by atoms with Crippen LogP contribution in [0, 0.1) is 5.92 Å². The summed E-state index contributed by atoms with van der Waals surface area (Å²) in [4.78, 5) is 26.3. The Morgan fingerprint density at radius 1 is 1.26 bits per heavy atom. The van der Waals surface area contributed by atoms with Crippen LogP contribution < -0.4 is 15.0 Å². The van der Waals surface area contributed by atoms with Gasteiger partial charge in [-0.15, -0.1) is 0 Å². The fourth-order valence-corrected chi connectivity index (χ4v) is 4.00. The fourth-order valence-electron chi connectivity index (χ4n) is 3.72. The lowest BCUT2D eigenvalue weighted by molar-refractivity contribution is -0.118. The van der Waals surface area contributed by atoms with Gasteiger partial charge in [-0.05, 0) is 42.5 Å². The summed E-state index contributed by atoms with van der Waals surface area (Å²) in [5.74, 6) is 0.761.